The van der Waals surface area contributed by atoms with E-state index in [1.807, 2.05) is 23.1 Å². The molecule has 2 aromatic rings. The number of H-pyrrole nitrogens is 1. The predicted octanol–water partition coefficient (Wildman–Crippen LogP) is 3.37. The van der Waals surface area contributed by atoms with Crippen LogP contribution in [0.15, 0.2) is 30.3 Å². The molecular weight excluding hydrogens is 326 g/mol. The zero-order valence-electron chi connectivity index (χ0n) is 14.8. The summed E-state index contributed by atoms with van der Waals surface area (Å²) in [5, 5.41) is 7.37. The quantitative estimate of drug-likeness (QED) is 0.859. The van der Waals surface area contributed by atoms with Crippen molar-refractivity contribution < 1.29 is 9.53 Å². The van der Waals surface area contributed by atoms with E-state index in [4.69, 9.17) is 4.74 Å². The van der Waals surface area contributed by atoms with Gasteiger partial charge in [0.05, 0.1) is 0 Å². The maximum absolute atomic E-state index is 13.0. The summed E-state index contributed by atoms with van der Waals surface area (Å²) < 4.78 is 6.39. The molecule has 5 heteroatoms. The van der Waals surface area contributed by atoms with Gasteiger partial charge in [-0.2, -0.15) is 5.10 Å². The van der Waals surface area contributed by atoms with Gasteiger partial charge in [0, 0.05) is 36.3 Å². The van der Waals surface area contributed by atoms with Gasteiger partial charge in [-0.1, -0.05) is 24.3 Å². The van der Waals surface area contributed by atoms with Crippen molar-refractivity contribution in [2.45, 2.75) is 44.1 Å². The van der Waals surface area contributed by atoms with Gasteiger partial charge in [-0.25, -0.2) is 0 Å². The molecule has 3 heterocycles. The third-order valence-corrected chi connectivity index (χ3v) is 5.93. The Bertz CT molecular complexity index is 885. The van der Waals surface area contributed by atoms with Gasteiger partial charge in [0.15, 0.2) is 5.69 Å². The molecule has 0 bridgehead atoms. The Labute approximate surface area is 153 Å². The van der Waals surface area contributed by atoms with Crippen LogP contribution in [0, 0.1) is 0 Å². The molecule has 5 nitrogen and oxygen atoms in total. The van der Waals surface area contributed by atoms with Crippen molar-refractivity contribution in [2.75, 3.05) is 13.1 Å². The van der Waals surface area contributed by atoms with E-state index in [2.05, 4.69) is 28.4 Å². The van der Waals surface area contributed by atoms with Crippen LogP contribution in [0.25, 0.3) is 6.08 Å². The lowest BCUT2D eigenvalue weighted by molar-refractivity contribution is 0.0724. The summed E-state index contributed by atoms with van der Waals surface area (Å²) in [5.74, 6) is 1.02. The molecule has 5 rings (SSSR count). The van der Waals surface area contributed by atoms with Crippen molar-refractivity contribution in [1.29, 1.82) is 0 Å². The van der Waals surface area contributed by atoms with E-state index in [1.54, 1.807) is 0 Å². The third kappa shape index (κ3) is 2.54. The number of amides is 1. The van der Waals surface area contributed by atoms with Crippen molar-refractivity contribution in [3.8, 4) is 5.75 Å². The number of aromatic amines is 1. The fourth-order valence-electron chi connectivity index (χ4n) is 4.45. The number of benzene rings is 1. The summed E-state index contributed by atoms with van der Waals surface area (Å²) in [7, 11) is 0. The summed E-state index contributed by atoms with van der Waals surface area (Å²) >= 11 is 0. The standard InChI is InChI=1S/C21H23N3O2/c25-20(19-16-6-3-7-17(16)22-23-19)24-13-4-10-21(12-14-24)11-9-15-5-1-2-8-18(15)26-21/h1-2,5,8-9,11H,3-4,6-7,10,12-14H2,(H,22,23). The molecule has 2 aliphatic heterocycles. The highest BCUT2D eigenvalue weighted by molar-refractivity contribution is 5.94. The second kappa shape index (κ2) is 6.01. The molecule has 1 aliphatic carbocycles. The molecule has 1 unspecified atom stereocenters. The lowest BCUT2D eigenvalue weighted by atomic mass is 9.91. The molecule has 0 saturated carbocycles. The van der Waals surface area contributed by atoms with Gasteiger partial charge in [-0.3, -0.25) is 9.89 Å². The number of aromatic nitrogens is 2. The largest absolute Gasteiger partial charge is 0.483 e. The summed E-state index contributed by atoms with van der Waals surface area (Å²) in [4.78, 5) is 15.0. The highest BCUT2D eigenvalue weighted by Gasteiger charge is 2.37. The predicted molar refractivity (Wildman–Crippen MR) is 99.2 cm³/mol. The van der Waals surface area contributed by atoms with Crippen molar-refractivity contribution in [1.82, 2.24) is 15.1 Å². The van der Waals surface area contributed by atoms with Crippen molar-refractivity contribution >= 4 is 12.0 Å². The summed E-state index contributed by atoms with van der Waals surface area (Å²) in [6, 6.07) is 8.14. The molecule has 1 fully saturated rings. The summed E-state index contributed by atoms with van der Waals surface area (Å²) in [5.41, 5.74) is 3.75. The number of carbonyl (C=O) groups excluding carboxylic acids is 1. The van der Waals surface area contributed by atoms with Crippen molar-refractivity contribution in [3.63, 3.8) is 0 Å². The Kier molecular flexibility index (Phi) is 3.62. The van der Waals surface area contributed by atoms with Crippen LogP contribution in [-0.4, -0.2) is 39.7 Å². The first-order valence-electron chi connectivity index (χ1n) is 9.57. The van der Waals surface area contributed by atoms with Gasteiger partial charge in [0.1, 0.15) is 11.4 Å². The Morgan fingerprint density at radius 1 is 1.15 bits per heavy atom. The normalized spacial score (nSPS) is 24.1. The number of hydrogen-bond acceptors (Lipinski definition) is 3. The van der Waals surface area contributed by atoms with Crippen LogP contribution in [0.4, 0.5) is 0 Å². The van der Waals surface area contributed by atoms with Crippen LogP contribution in [0.3, 0.4) is 0 Å². The number of carbonyl (C=O) groups is 1. The lowest BCUT2D eigenvalue weighted by Gasteiger charge is -2.34. The molecule has 1 aromatic carbocycles. The minimum absolute atomic E-state index is 0.0710. The number of para-hydroxylation sites is 1. The molecule has 1 saturated heterocycles. The number of ether oxygens (including phenoxy) is 1. The molecule has 1 spiro atoms. The van der Waals surface area contributed by atoms with E-state index in [1.165, 1.54) is 0 Å². The zero-order valence-corrected chi connectivity index (χ0v) is 14.8. The molecule has 1 aromatic heterocycles. The maximum Gasteiger partial charge on any atom is 0.274 e. The minimum Gasteiger partial charge on any atom is -0.483 e. The first-order valence-corrected chi connectivity index (χ1v) is 9.57. The molecule has 3 aliphatic rings. The zero-order chi connectivity index (χ0) is 17.6. The number of fused-ring (bicyclic) bond motifs is 2. The van der Waals surface area contributed by atoms with E-state index in [0.717, 1.165) is 67.6 Å². The van der Waals surface area contributed by atoms with Crippen LogP contribution in [-0.2, 0) is 12.8 Å². The molecule has 1 N–H and O–H groups in total. The Balaban J connectivity index is 1.34. The number of likely N-dealkylation sites (tertiary alicyclic amines) is 1. The topological polar surface area (TPSA) is 58.2 Å². The number of nitrogens with one attached hydrogen (secondary N) is 1. The smallest absolute Gasteiger partial charge is 0.274 e. The summed E-state index contributed by atoms with van der Waals surface area (Å²) in [6.45, 7) is 1.47. The van der Waals surface area contributed by atoms with Crippen LogP contribution in [0.1, 0.15) is 53.0 Å². The van der Waals surface area contributed by atoms with E-state index < -0.39 is 0 Å². The minimum atomic E-state index is -0.295. The van der Waals surface area contributed by atoms with Gasteiger partial charge in [-0.05, 0) is 44.2 Å². The molecule has 1 amide bonds. The van der Waals surface area contributed by atoms with Gasteiger partial charge >= 0.3 is 0 Å². The number of rotatable bonds is 1. The Morgan fingerprint density at radius 3 is 3.04 bits per heavy atom. The molecule has 1 atom stereocenters. The second-order valence-corrected chi connectivity index (χ2v) is 7.57. The molecular formula is C21H23N3O2. The second-order valence-electron chi connectivity index (χ2n) is 7.57. The van der Waals surface area contributed by atoms with Crippen LogP contribution < -0.4 is 4.74 Å². The van der Waals surface area contributed by atoms with E-state index in [-0.39, 0.29) is 11.5 Å². The highest BCUT2D eigenvalue weighted by atomic mass is 16.5. The fraction of sp³-hybridized carbons (Fsp3) is 0.429. The van der Waals surface area contributed by atoms with Crippen molar-refractivity contribution in [2.24, 2.45) is 0 Å². The van der Waals surface area contributed by atoms with Gasteiger partial charge in [0.2, 0.25) is 0 Å². The number of aryl methyl sites for hydroxylation is 1. The van der Waals surface area contributed by atoms with Gasteiger partial charge < -0.3 is 9.64 Å². The average Bonchev–Trinajstić information content (AvgIpc) is 3.22. The van der Waals surface area contributed by atoms with E-state index in [0.29, 0.717) is 12.2 Å². The van der Waals surface area contributed by atoms with E-state index in [9.17, 15) is 4.79 Å². The first-order chi connectivity index (χ1) is 12.7. The van der Waals surface area contributed by atoms with Crippen LogP contribution in [0.2, 0.25) is 0 Å². The van der Waals surface area contributed by atoms with Gasteiger partial charge in [0.25, 0.3) is 5.91 Å². The third-order valence-electron chi connectivity index (χ3n) is 5.93. The average molecular weight is 349 g/mol. The van der Waals surface area contributed by atoms with Crippen LogP contribution >= 0.6 is 0 Å². The van der Waals surface area contributed by atoms with E-state index >= 15 is 0 Å². The highest BCUT2D eigenvalue weighted by Crippen LogP contribution is 2.37. The lowest BCUT2D eigenvalue weighted by Crippen LogP contribution is -2.38. The molecule has 0 radical (unpaired) electrons. The first kappa shape index (κ1) is 15.7. The number of hydrogen-bond donors (Lipinski definition) is 1. The van der Waals surface area contributed by atoms with Crippen LogP contribution in [0.5, 0.6) is 5.75 Å². The molecule has 26 heavy (non-hydrogen) atoms. The Hall–Kier alpha value is -2.56. The fourth-order valence-corrected chi connectivity index (χ4v) is 4.45. The van der Waals surface area contributed by atoms with Gasteiger partial charge in [-0.15, -0.1) is 0 Å². The SMILES string of the molecule is O=C(c1n[nH]c2c1CCC2)N1CCCC2(C=Cc3ccccc3O2)CC1. The maximum atomic E-state index is 13.0. The molecule has 134 valence electrons. The summed E-state index contributed by atoms with van der Waals surface area (Å²) in [6.07, 6.45) is 10.1. The monoisotopic (exact) mass is 349 g/mol. The van der Waals surface area contributed by atoms with Crippen molar-refractivity contribution in [3.05, 3.63) is 52.9 Å². The number of nitrogens with zero attached hydrogens (tertiary/aromatic N) is 2. The Morgan fingerprint density at radius 2 is 2.08 bits per heavy atom.